The van der Waals surface area contributed by atoms with Gasteiger partial charge in [-0.15, -0.1) is 0 Å². The van der Waals surface area contributed by atoms with E-state index in [2.05, 4.69) is 9.71 Å². The van der Waals surface area contributed by atoms with E-state index in [9.17, 15) is 18.0 Å². The molecule has 1 fully saturated rings. The maximum absolute atomic E-state index is 12.2. The lowest BCUT2D eigenvalue weighted by atomic mass is 10.3. The van der Waals surface area contributed by atoms with E-state index < -0.39 is 20.9 Å². The second-order valence-electron chi connectivity index (χ2n) is 4.89. The van der Waals surface area contributed by atoms with Gasteiger partial charge < -0.3 is 9.88 Å². The molecule has 0 saturated carbocycles. The van der Waals surface area contributed by atoms with Crippen molar-refractivity contribution in [2.75, 3.05) is 13.1 Å². The van der Waals surface area contributed by atoms with Crippen LogP contribution in [0, 0.1) is 6.92 Å². The summed E-state index contributed by atoms with van der Waals surface area (Å²) in [6.07, 6.45) is 1.34. The molecule has 0 aliphatic carbocycles. The lowest BCUT2D eigenvalue weighted by Crippen LogP contribution is -2.42. The highest BCUT2D eigenvalue weighted by Gasteiger charge is 2.26. The molecule has 0 aromatic carbocycles. The first-order valence-corrected chi connectivity index (χ1v) is 8.59. The molecule has 2 N–H and O–H groups in total. The number of nitrogens with one attached hydrogen (secondary N) is 2. The molecule has 9 heteroatoms. The SMILES string of the molecule is Cc1[nH]c(=O)sc1S(=O)(=O)NC(C)CN1CCCC1=O. The molecule has 1 aromatic rings. The van der Waals surface area contributed by atoms with E-state index in [1.807, 2.05) is 0 Å². The highest BCUT2D eigenvalue weighted by Crippen LogP contribution is 2.16. The minimum atomic E-state index is -3.73. The largest absolute Gasteiger partial charge is 0.341 e. The van der Waals surface area contributed by atoms with Crippen molar-refractivity contribution in [3.8, 4) is 0 Å². The Labute approximate surface area is 121 Å². The average molecular weight is 319 g/mol. The van der Waals surface area contributed by atoms with Gasteiger partial charge in [0.1, 0.15) is 0 Å². The van der Waals surface area contributed by atoms with Crippen LogP contribution < -0.4 is 9.60 Å². The van der Waals surface area contributed by atoms with Crippen molar-refractivity contribution in [3.63, 3.8) is 0 Å². The summed E-state index contributed by atoms with van der Waals surface area (Å²) in [7, 11) is -3.73. The summed E-state index contributed by atoms with van der Waals surface area (Å²) in [4.78, 5) is 26.4. The summed E-state index contributed by atoms with van der Waals surface area (Å²) < 4.78 is 26.8. The number of rotatable bonds is 5. The van der Waals surface area contributed by atoms with E-state index >= 15 is 0 Å². The molecule has 1 atom stereocenters. The van der Waals surface area contributed by atoms with Gasteiger partial charge in [0.15, 0.2) is 4.21 Å². The number of hydrogen-bond acceptors (Lipinski definition) is 5. The number of sulfonamides is 1. The van der Waals surface area contributed by atoms with Crippen LogP contribution in [0.3, 0.4) is 0 Å². The van der Waals surface area contributed by atoms with Crippen molar-refractivity contribution in [3.05, 3.63) is 15.4 Å². The van der Waals surface area contributed by atoms with E-state index in [4.69, 9.17) is 0 Å². The highest BCUT2D eigenvalue weighted by molar-refractivity contribution is 7.91. The quantitative estimate of drug-likeness (QED) is 0.800. The van der Waals surface area contributed by atoms with Gasteiger partial charge in [-0.3, -0.25) is 9.59 Å². The zero-order valence-corrected chi connectivity index (χ0v) is 12.9. The average Bonchev–Trinajstić information content (AvgIpc) is 2.85. The number of hydrogen-bond donors (Lipinski definition) is 2. The van der Waals surface area contributed by atoms with Gasteiger partial charge in [0.25, 0.3) is 10.0 Å². The second kappa shape index (κ2) is 5.66. The fourth-order valence-corrected chi connectivity index (χ4v) is 4.78. The van der Waals surface area contributed by atoms with E-state index in [0.717, 1.165) is 6.42 Å². The van der Waals surface area contributed by atoms with Gasteiger partial charge in [-0.1, -0.05) is 11.3 Å². The molecular weight excluding hydrogens is 302 g/mol. The van der Waals surface area contributed by atoms with Crippen LogP contribution in [0.5, 0.6) is 0 Å². The Morgan fingerprint density at radius 3 is 2.65 bits per heavy atom. The molecule has 7 nitrogen and oxygen atoms in total. The third kappa shape index (κ3) is 3.28. The molecule has 1 amide bonds. The van der Waals surface area contributed by atoms with Gasteiger partial charge in [0, 0.05) is 31.2 Å². The number of amides is 1. The number of H-pyrrole nitrogens is 1. The first-order chi connectivity index (χ1) is 9.29. The Kier molecular flexibility index (Phi) is 4.31. The normalized spacial score (nSPS) is 17.7. The number of nitrogens with zero attached hydrogens (tertiary/aromatic N) is 1. The fourth-order valence-electron chi connectivity index (χ4n) is 2.23. The molecule has 2 rings (SSSR count). The van der Waals surface area contributed by atoms with Gasteiger partial charge in [-0.05, 0) is 20.3 Å². The molecule has 2 heterocycles. The molecule has 20 heavy (non-hydrogen) atoms. The molecule has 1 aliphatic heterocycles. The zero-order chi connectivity index (χ0) is 14.9. The molecule has 0 bridgehead atoms. The first-order valence-electron chi connectivity index (χ1n) is 6.29. The lowest BCUT2D eigenvalue weighted by molar-refractivity contribution is -0.127. The van der Waals surface area contributed by atoms with Crippen LogP contribution in [-0.2, 0) is 14.8 Å². The van der Waals surface area contributed by atoms with Crippen molar-refractivity contribution in [2.45, 2.75) is 36.9 Å². The van der Waals surface area contributed by atoms with Crippen molar-refractivity contribution in [2.24, 2.45) is 0 Å². The predicted molar refractivity (Wildman–Crippen MR) is 75.3 cm³/mol. The smallest absolute Gasteiger partial charge is 0.305 e. The first kappa shape index (κ1) is 15.2. The Morgan fingerprint density at radius 2 is 2.15 bits per heavy atom. The Morgan fingerprint density at radius 1 is 1.45 bits per heavy atom. The lowest BCUT2D eigenvalue weighted by Gasteiger charge is -2.21. The molecule has 1 saturated heterocycles. The van der Waals surface area contributed by atoms with E-state index in [1.165, 1.54) is 0 Å². The minimum Gasteiger partial charge on any atom is -0.341 e. The maximum atomic E-state index is 12.2. The highest BCUT2D eigenvalue weighted by atomic mass is 32.2. The summed E-state index contributed by atoms with van der Waals surface area (Å²) >= 11 is 0.664. The van der Waals surface area contributed by atoms with E-state index in [0.29, 0.717) is 36.5 Å². The van der Waals surface area contributed by atoms with Crippen LogP contribution in [0.4, 0.5) is 0 Å². The van der Waals surface area contributed by atoms with Gasteiger partial charge in [-0.2, -0.15) is 0 Å². The summed E-state index contributed by atoms with van der Waals surface area (Å²) in [5.74, 6) is 0.0542. The number of carbonyl (C=O) groups is 1. The third-order valence-corrected chi connectivity index (χ3v) is 6.24. The number of likely N-dealkylation sites (tertiary alicyclic amines) is 1. The van der Waals surface area contributed by atoms with Crippen LogP contribution in [0.1, 0.15) is 25.5 Å². The number of aromatic amines is 1. The Balaban J connectivity index is 2.06. The molecule has 0 spiro atoms. The van der Waals surface area contributed by atoms with Crippen LogP contribution in [0.2, 0.25) is 0 Å². The monoisotopic (exact) mass is 319 g/mol. The predicted octanol–water partition coefficient (Wildman–Crippen LogP) is 0.0340. The maximum Gasteiger partial charge on any atom is 0.305 e. The number of thiazole rings is 1. The molecule has 1 unspecified atom stereocenters. The summed E-state index contributed by atoms with van der Waals surface area (Å²) in [6, 6.07) is -0.404. The van der Waals surface area contributed by atoms with Gasteiger partial charge >= 0.3 is 4.87 Å². The standard InChI is InChI=1S/C11H17N3O4S2/c1-7(6-14-5-3-4-9(14)15)13-20(17,18)10-8(2)12-11(16)19-10/h7,13H,3-6H2,1-2H3,(H,12,16). The number of aromatic nitrogens is 1. The summed E-state index contributed by atoms with van der Waals surface area (Å²) in [5, 5.41) is 0. The Bertz CT molecular complexity index is 661. The molecular formula is C11H17N3O4S2. The minimum absolute atomic E-state index is 0.00194. The number of aryl methyl sites for hydroxylation is 1. The number of carbonyl (C=O) groups excluding carboxylic acids is 1. The van der Waals surface area contributed by atoms with Gasteiger partial charge in [-0.25, -0.2) is 13.1 Å². The van der Waals surface area contributed by atoms with Crippen LogP contribution in [0.15, 0.2) is 9.00 Å². The van der Waals surface area contributed by atoms with Crippen molar-refractivity contribution < 1.29 is 13.2 Å². The van der Waals surface area contributed by atoms with E-state index in [-0.39, 0.29) is 10.1 Å². The topological polar surface area (TPSA) is 99.3 Å². The van der Waals surface area contributed by atoms with Gasteiger partial charge in [0.05, 0.1) is 0 Å². The van der Waals surface area contributed by atoms with Crippen molar-refractivity contribution in [1.29, 1.82) is 0 Å². The summed E-state index contributed by atoms with van der Waals surface area (Å²) in [6.45, 7) is 4.26. The Hall–Kier alpha value is -1.19. The molecule has 112 valence electrons. The van der Waals surface area contributed by atoms with E-state index in [1.54, 1.807) is 18.7 Å². The zero-order valence-electron chi connectivity index (χ0n) is 11.3. The molecule has 1 aliphatic rings. The van der Waals surface area contributed by atoms with Gasteiger partial charge in [0.2, 0.25) is 5.91 Å². The third-order valence-electron chi connectivity index (χ3n) is 3.05. The van der Waals surface area contributed by atoms with Crippen molar-refractivity contribution in [1.82, 2.24) is 14.6 Å². The van der Waals surface area contributed by atoms with Crippen molar-refractivity contribution >= 4 is 27.3 Å². The van der Waals surface area contributed by atoms with Crippen LogP contribution >= 0.6 is 11.3 Å². The van der Waals surface area contributed by atoms with Crippen LogP contribution in [0.25, 0.3) is 0 Å². The summed E-state index contributed by atoms with van der Waals surface area (Å²) in [5.41, 5.74) is 0.331. The van der Waals surface area contributed by atoms with Crippen LogP contribution in [-0.4, -0.2) is 43.3 Å². The molecule has 0 radical (unpaired) electrons. The fraction of sp³-hybridized carbons (Fsp3) is 0.636. The second-order valence-corrected chi connectivity index (χ2v) is 7.79. The molecule has 1 aromatic heterocycles.